The third-order valence-corrected chi connectivity index (χ3v) is 2.79. The van der Waals surface area contributed by atoms with Crippen LogP contribution in [0.2, 0.25) is 0 Å². The van der Waals surface area contributed by atoms with Gasteiger partial charge >= 0.3 is 0 Å². The molecular weight excluding hydrogens is 226 g/mol. The van der Waals surface area contributed by atoms with Crippen molar-refractivity contribution in [3.63, 3.8) is 0 Å². The van der Waals surface area contributed by atoms with Crippen LogP contribution in [-0.4, -0.2) is 17.5 Å². The van der Waals surface area contributed by atoms with E-state index in [1.165, 1.54) is 12.0 Å². The van der Waals surface area contributed by atoms with Crippen molar-refractivity contribution in [1.29, 1.82) is 0 Å². The number of nitrogens with two attached hydrogens (primary N) is 1. The zero-order valence-electron chi connectivity index (χ0n) is 12.1. The molecule has 2 N–H and O–H groups in total. The summed E-state index contributed by atoms with van der Waals surface area (Å²) >= 11 is 1.81. The minimum atomic E-state index is -0.104. The van der Waals surface area contributed by atoms with Crippen LogP contribution in [0.1, 0.15) is 41.0 Å². The van der Waals surface area contributed by atoms with E-state index in [4.69, 9.17) is 5.73 Å². The molecule has 2 atom stereocenters. The first-order valence-corrected chi connectivity index (χ1v) is 7.62. The van der Waals surface area contributed by atoms with Gasteiger partial charge in [0.1, 0.15) is 0 Å². The third-order valence-electron chi connectivity index (χ3n) is 1.81. The second-order valence-corrected chi connectivity index (χ2v) is 4.58. The normalized spacial score (nSPS) is 18.1. The maximum atomic E-state index is 5.64. The summed E-state index contributed by atoms with van der Waals surface area (Å²) in [6.45, 7) is 10.4. The molecule has 1 aliphatic rings. The van der Waals surface area contributed by atoms with Gasteiger partial charge in [-0.3, -0.25) is 0 Å². The predicted molar refractivity (Wildman–Crippen MR) is 83.3 cm³/mol. The van der Waals surface area contributed by atoms with E-state index in [2.05, 4.69) is 44.9 Å². The molecule has 0 spiro atoms. The maximum Gasteiger partial charge on any atom is 0.0857 e. The zero-order valence-corrected chi connectivity index (χ0v) is 12.9. The lowest BCUT2D eigenvalue weighted by molar-refractivity contribution is 1.06. The first kappa shape index (κ1) is 18.7. The average molecular weight is 253 g/mol. The SMILES string of the molecule is CC.CCC.CSC(C)C1=CC#CC(N)C=C1. The van der Waals surface area contributed by atoms with Crippen LogP contribution in [0.5, 0.6) is 0 Å². The summed E-state index contributed by atoms with van der Waals surface area (Å²) < 4.78 is 0. The Balaban J connectivity index is 0. The number of hydrogen-bond donors (Lipinski definition) is 1. The highest BCUT2D eigenvalue weighted by Gasteiger charge is 2.04. The van der Waals surface area contributed by atoms with Gasteiger partial charge in [0, 0.05) is 5.25 Å². The molecule has 0 aromatic heterocycles. The lowest BCUT2D eigenvalue weighted by Gasteiger charge is -2.07. The van der Waals surface area contributed by atoms with Crippen LogP contribution in [0.3, 0.4) is 0 Å². The van der Waals surface area contributed by atoms with E-state index in [9.17, 15) is 0 Å². The molecule has 0 bridgehead atoms. The smallest absolute Gasteiger partial charge is 0.0857 e. The van der Waals surface area contributed by atoms with Gasteiger partial charge in [0.05, 0.1) is 6.04 Å². The first-order valence-electron chi connectivity index (χ1n) is 6.33. The highest BCUT2D eigenvalue weighted by molar-refractivity contribution is 7.99. The van der Waals surface area contributed by atoms with Crippen molar-refractivity contribution >= 4 is 11.8 Å². The van der Waals surface area contributed by atoms with E-state index < -0.39 is 0 Å². The third kappa shape index (κ3) is 10.2. The largest absolute Gasteiger partial charge is 0.314 e. The van der Waals surface area contributed by atoms with Crippen LogP contribution in [-0.2, 0) is 0 Å². The van der Waals surface area contributed by atoms with Gasteiger partial charge in [-0.1, -0.05) is 58.1 Å². The minimum absolute atomic E-state index is 0.104. The van der Waals surface area contributed by atoms with Gasteiger partial charge < -0.3 is 5.73 Å². The van der Waals surface area contributed by atoms with Crippen molar-refractivity contribution in [1.82, 2.24) is 0 Å². The molecule has 2 heteroatoms. The fourth-order valence-corrected chi connectivity index (χ4v) is 1.34. The fraction of sp³-hybridized carbons (Fsp3) is 0.600. The summed E-state index contributed by atoms with van der Waals surface area (Å²) in [6, 6.07) is -0.104. The molecule has 1 nitrogen and oxygen atoms in total. The Labute approximate surface area is 112 Å². The Morgan fingerprint density at radius 1 is 1.41 bits per heavy atom. The summed E-state index contributed by atoms with van der Waals surface area (Å²) in [7, 11) is 0. The topological polar surface area (TPSA) is 26.0 Å². The first-order chi connectivity index (χ1) is 8.15. The Bertz CT molecular complexity index is 281. The lowest BCUT2D eigenvalue weighted by atomic mass is 10.2. The van der Waals surface area contributed by atoms with E-state index in [1.807, 2.05) is 37.8 Å². The van der Waals surface area contributed by atoms with Gasteiger partial charge in [0.25, 0.3) is 0 Å². The van der Waals surface area contributed by atoms with Crippen LogP contribution in [0.25, 0.3) is 0 Å². The fourth-order valence-electron chi connectivity index (χ4n) is 0.921. The van der Waals surface area contributed by atoms with Gasteiger partial charge in [-0.2, -0.15) is 11.8 Å². The van der Waals surface area contributed by atoms with Gasteiger partial charge in [-0.15, -0.1) is 0 Å². The molecule has 0 saturated carbocycles. The maximum absolute atomic E-state index is 5.64. The number of rotatable bonds is 2. The molecule has 0 radical (unpaired) electrons. The molecule has 0 heterocycles. The summed E-state index contributed by atoms with van der Waals surface area (Å²) in [5.41, 5.74) is 6.89. The van der Waals surface area contributed by atoms with Crippen molar-refractivity contribution in [2.24, 2.45) is 5.73 Å². The van der Waals surface area contributed by atoms with E-state index in [0.29, 0.717) is 5.25 Å². The molecule has 0 aliphatic heterocycles. The summed E-state index contributed by atoms with van der Waals surface area (Å²) in [5, 5.41) is 0.501. The van der Waals surface area contributed by atoms with Crippen molar-refractivity contribution in [2.75, 3.05) is 6.26 Å². The molecule has 0 amide bonds. The molecule has 0 aromatic carbocycles. The second-order valence-electron chi connectivity index (χ2n) is 3.40. The van der Waals surface area contributed by atoms with Crippen LogP contribution in [0.15, 0.2) is 23.8 Å². The van der Waals surface area contributed by atoms with Crippen LogP contribution in [0, 0.1) is 11.8 Å². The van der Waals surface area contributed by atoms with E-state index in [-0.39, 0.29) is 6.04 Å². The van der Waals surface area contributed by atoms with E-state index in [0.717, 1.165) is 0 Å². The number of hydrogen-bond acceptors (Lipinski definition) is 2. The van der Waals surface area contributed by atoms with Crippen molar-refractivity contribution in [2.45, 2.75) is 52.3 Å². The molecule has 1 rings (SSSR count). The zero-order chi connectivity index (χ0) is 13.7. The van der Waals surface area contributed by atoms with Crippen LogP contribution < -0.4 is 5.73 Å². The second kappa shape index (κ2) is 13.4. The van der Waals surface area contributed by atoms with Crippen molar-refractivity contribution < 1.29 is 0 Å². The lowest BCUT2D eigenvalue weighted by Crippen LogP contribution is -2.13. The Kier molecular flexibility index (Phi) is 14.8. The van der Waals surface area contributed by atoms with Gasteiger partial charge in [-0.25, -0.2) is 0 Å². The summed E-state index contributed by atoms with van der Waals surface area (Å²) in [6.07, 6.45) is 9.29. The van der Waals surface area contributed by atoms with E-state index in [1.54, 1.807) is 0 Å². The van der Waals surface area contributed by atoms with Crippen molar-refractivity contribution in [3.8, 4) is 11.8 Å². The van der Waals surface area contributed by atoms with Crippen LogP contribution in [0.4, 0.5) is 0 Å². The van der Waals surface area contributed by atoms with Crippen molar-refractivity contribution in [3.05, 3.63) is 23.8 Å². The molecule has 0 saturated heterocycles. The summed E-state index contributed by atoms with van der Waals surface area (Å²) in [5.74, 6) is 5.86. The Morgan fingerprint density at radius 3 is 2.41 bits per heavy atom. The average Bonchev–Trinajstić information content (AvgIpc) is 2.57. The standard InChI is InChI=1S/C10H13NS.C3H8.C2H6/c1-8(12-2)9-4-3-5-10(11)7-6-9;1-3-2;1-2/h4,6-8,10H,11H2,1-2H3;3H2,1-2H3;1-2H3. The minimum Gasteiger partial charge on any atom is -0.314 e. The van der Waals surface area contributed by atoms with E-state index >= 15 is 0 Å². The predicted octanol–water partition coefficient (Wildman–Crippen LogP) is 4.01. The summed E-state index contributed by atoms with van der Waals surface area (Å²) in [4.78, 5) is 0. The molecule has 0 aromatic rings. The number of allylic oxidation sites excluding steroid dienone is 2. The van der Waals surface area contributed by atoms with Gasteiger partial charge in [0.2, 0.25) is 0 Å². The highest BCUT2D eigenvalue weighted by atomic mass is 32.2. The monoisotopic (exact) mass is 253 g/mol. The Morgan fingerprint density at radius 2 is 1.94 bits per heavy atom. The molecule has 2 unspecified atom stereocenters. The van der Waals surface area contributed by atoms with Crippen LogP contribution >= 0.6 is 11.8 Å². The molecule has 17 heavy (non-hydrogen) atoms. The molecular formula is C15H27NS. The Hall–Kier alpha value is -0.650. The number of thioether (sulfide) groups is 1. The molecule has 0 fully saturated rings. The molecule has 98 valence electrons. The van der Waals surface area contributed by atoms with Gasteiger partial charge in [0.15, 0.2) is 0 Å². The quantitative estimate of drug-likeness (QED) is 0.753. The highest BCUT2D eigenvalue weighted by Crippen LogP contribution is 2.17. The van der Waals surface area contributed by atoms with Gasteiger partial charge in [-0.05, 0) is 24.8 Å². The molecule has 1 aliphatic carbocycles.